The number of carbonyl (C=O) groups excluding carboxylic acids is 1. The van der Waals surface area contributed by atoms with E-state index in [4.69, 9.17) is 21.1 Å². The van der Waals surface area contributed by atoms with E-state index in [0.29, 0.717) is 40.3 Å². The molecule has 0 radical (unpaired) electrons. The molecule has 0 aliphatic rings. The lowest BCUT2D eigenvalue weighted by atomic mass is 10.1. The van der Waals surface area contributed by atoms with Crippen LogP contribution in [0.3, 0.4) is 0 Å². The summed E-state index contributed by atoms with van der Waals surface area (Å²) in [6, 6.07) is 3.44. The maximum Gasteiger partial charge on any atom is 0.166 e. The van der Waals surface area contributed by atoms with E-state index in [1.165, 1.54) is 7.11 Å². The van der Waals surface area contributed by atoms with Crippen LogP contribution >= 0.6 is 27.5 Å². The van der Waals surface area contributed by atoms with Gasteiger partial charge < -0.3 is 9.47 Å². The molecule has 3 nitrogen and oxygen atoms in total. The number of hydrogen-bond donors (Lipinski definition) is 0. The minimum atomic E-state index is 0.0193. The van der Waals surface area contributed by atoms with Gasteiger partial charge in [-0.05, 0) is 34.5 Å². The molecular weight excluding hydrogens is 307 g/mol. The average molecular weight is 322 g/mol. The highest BCUT2D eigenvalue weighted by Gasteiger charge is 2.17. The van der Waals surface area contributed by atoms with Gasteiger partial charge in [-0.1, -0.05) is 0 Å². The quantitative estimate of drug-likeness (QED) is 0.592. The first kappa shape index (κ1) is 14.3. The van der Waals surface area contributed by atoms with Crippen LogP contribution in [-0.2, 0) is 0 Å². The Hall–Kier alpha value is -0.740. The van der Waals surface area contributed by atoms with Gasteiger partial charge in [0.25, 0.3) is 0 Å². The van der Waals surface area contributed by atoms with Crippen LogP contribution in [-0.4, -0.2) is 25.9 Å². The molecule has 1 aromatic rings. The zero-order chi connectivity index (χ0) is 12.8. The molecule has 0 aliphatic carbocycles. The molecule has 94 valence electrons. The summed E-state index contributed by atoms with van der Waals surface area (Å²) in [6.45, 7) is 0. The Kier molecular flexibility index (Phi) is 5.78. The first-order chi connectivity index (χ1) is 8.15. The second-order valence-electron chi connectivity index (χ2n) is 3.38. The number of ether oxygens (including phenoxy) is 2. The van der Waals surface area contributed by atoms with Crippen LogP contribution in [0.4, 0.5) is 0 Å². The molecule has 0 N–H and O–H groups in total. The summed E-state index contributed by atoms with van der Waals surface area (Å²) in [7, 11) is 3.09. The molecule has 0 atom stereocenters. The van der Waals surface area contributed by atoms with Crippen LogP contribution in [0.2, 0.25) is 0 Å². The first-order valence-electron chi connectivity index (χ1n) is 5.15. The number of rotatable bonds is 6. The van der Waals surface area contributed by atoms with Crippen LogP contribution in [0.1, 0.15) is 23.2 Å². The number of methoxy groups -OCH3 is 2. The lowest BCUT2D eigenvalue weighted by Crippen LogP contribution is -2.04. The van der Waals surface area contributed by atoms with Crippen LogP contribution in [0.25, 0.3) is 0 Å². The van der Waals surface area contributed by atoms with Crippen molar-refractivity contribution in [3.05, 3.63) is 22.2 Å². The van der Waals surface area contributed by atoms with Gasteiger partial charge in [0, 0.05) is 12.3 Å². The normalized spacial score (nSPS) is 10.1. The fraction of sp³-hybridized carbons (Fsp3) is 0.417. The highest BCUT2D eigenvalue weighted by atomic mass is 79.9. The summed E-state index contributed by atoms with van der Waals surface area (Å²) < 4.78 is 11.0. The minimum absolute atomic E-state index is 0.0193. The number of Topliss-reactive ketones (excluding diaryl/α,β-unsaturated/α-hetero) is 1. The molecule has 0 fully saturated rings. The van der Waals surface area contributed by atoms with Crippen molar-refractivity contribution in [2.24, 2.45) is 0 Å². The van der Waals surface area contributed by atoms with Crippen molar-refractivity contribution in [3.8, 4) is 11.5 Å². The van der Waals surface area contributed by atoms with E-state index < -0.39 is 0 Å². The fourth-order valence-corrected chi connectivity index (χ4v) is 2.28. The molecule has 0 aliphatic heterocycles. The standard InChI is InChI=1S/C12H14BrClO3/c1-16-10-6-5-8(9(15)4-3-7-14)12(17-2)11(10)13/h5-6H,3-4,7H2,1-2H3. The molecule has 0 bridgehead atoms. The van der Waals surface area contributed by atoms with Crippen molar-refractivity contribution < 1.29 is 14.3 Å². The van der Waals surface area contributed by atoms with Crippen molar-refractivity contribution in [3.63, 3.8) is 0 Å². The third kappa shape index (κ3) is 3.36. The molecule has 5 heteroatoms. The molecule has 1 rings (SSSR count). The van der Waals surface area contributed by atoms with Gasteiger partial charge in [0.1, 0.15) is 16.0 Å². The lowest BCUT2D eigenvalue weighted by molar-refractivity contribution is 0.0979. The second-order valence-corrected chi connectivity index (χ2v) is 4.55. The molecule has 1 aromatic carbocycles. The molecule has 0 spiro atoms. The molecule has 0 aromatic heterocycles. The van der Waals surface area contributed by atoms with Crippen LogP contribution < -0.4 is 9.47 Å². The zero-order valence-corrected chi connectivity index (χ0v) is 12.1. The van der Waals surface area contributed by atoms with E-state index in [1.54, 1.807) is 19.2 Å². The van der Waals surface area contributed by atoms with Crippen LogP contribution in [0, 0.1) is 0 Å². The fourth-order valence-electron chi connectivity index (χ4n) is 1.48. The maximum absolute atomic E-state index is 11.9. The van der Waals surface area contributed by atoms with Gasteiger partial charge in [-0.25, -0.2) is 0 Å². The third-order valence-electron chi connectivity index (χ3n) is 2.32. The van der Waals surface area contributed by atoms with E-state index >= 15 is 0 Å². The maximum atomic E-state index is 11.9. The smallest absolute Gasteiger partial charge is 0.166 e. The molecule has 0 saturated carbocycles. The van der Waals surface area contributed by atoms with Gasteiger partial charge in [-0.15, -0.1) is 11.6 Å². The topological polar surface area (TPSA) is 35.5 Å². The molecular formula is C12H14BrClO3. The summed E-state index contributed by atoms with van der Waals surface area (Å²) >= 11 is 8.93. The zero-order valence-electron chi connectivity index (χ0n) is 9.76. The van der Waals surface area contributed by atoms with Gasteiger partial charge in [0.05, 0.1) is 19.8 Å². The van der Waals surface area contributed by atoms with Gasteiger partial charge >= 0.3 is 0 Å². The molecule has 17 heavy (non-hydrogen) atoms. The van der Waals surface area contributed by atoms with E-state index in [9.17, 15) is 4.79 Å². The average Bonchev–Trinajstić information content (AvgIpc) is 2.35. The molecule has 0 unspecified atom stereocenters. The minimum Gasteiger partial charge on any atom is -0.495 e. The largest absolute Gasteiger partial charge is 0.495 e. The monoisotopic (exact) mass is 320 g/mol. The summed E-state index contributed by atoms with van der Waals surface area (Å²) in [4.78, 5) is 11.9. The van der Waals surface area contributed by atoms with E-state index in [2.05, 4.69) is 15.9 Å². The Bertz CT molecular complexity index is 407. The number of ketones is 1. The molecule has 0 saturated heterocycles. The Morgan fingerprint density at radius 2 is 2.06 bits per heavy atom. The Morgan fingerprint density at radius 1 is 1.35 bits per heavy atom. The second kappa shape index (κ2) is 6.87. The third-order valence-corrected chi connectivity index (χ3v) is 3.34. The van der Waals surface area contributed by atoms with Crippen molar-refractivity contribution in [1.29, 1.82) is 0 Å². The van der Waals surface area contributed by atoms with Crippen molar-refractivity contribution in [2.45, 2.75) is 12.8 Å². The predicted octanol–water partition coefficient (Wildman–Crippen LogP) is 3.67. The van der Waals surface area contributed by atoms with Crippen molar-refractivity contribution in [2.75, 3.05) is 20.1 Å². The van der Waals surface area contributed by atoms with Gasteiger partial charge in [0.2, 0.25) is 0 Å². The van der Waals surface area contributed by atoms with Crippen LogP contribution in [0.5, 0.6) is 11.5 Å². The molecule has 0 heterocycles. The van der Waals surface area contributed by atoms with E-state index in [1.807, 2.05) is 0 Å². The summed E-state index contributed by atoms with van der Waals surface area (Å²) in [5, 5.41) is 0. The Labute approximate surface area is 114 Å². The van der Waals surface area contributed by atoms with Crippen LogP contribution in [0.15, 0.2) is 16.6 Å². The highest BCUT2D eigenvalue weighted by molar-refractivity contribution is 9.10. The van der Waals surface area contributed by atoms with Crippen molar-refractivity contribution >= 4 is 33.3 Å². The van der Waals surface area contributed by atoms with Gasteiger partial charge in [0.15, 0.2) is 5.78 Å². The molecule has 0 amide bonds. The lowest BCUT2D eigenvalue weighted by Gasteiger charge is -2.12. The first-order valence-corrected chi connectivity index (χ1v) is 6.48. The highest BCUT2D eigenvalue weighted by Crippen LogP contribution is 2.37. The number of hydrogen-bond acceptors (Lipinski definition) is 3. The summed E-state index contributed by atoms with van der Waals surface area (Å²) in [6.07, 6.45) is 1.08. The SMILES string of the molecule is COc1ccc(C(=O)CCCCl)c(OC)c1Br. The number of benzene rings is 1. The number of alkyl halides is 1. The predicted molar refractivity (Wildman–Crippen MR) is 71.5 cm³/mol. The van der Waals surface area contributed by atoms with E-state index in [-0.39, 0.29) is 5.78 Å². The van der Waals surface area contributed by atoms with Gasteiger partial charge in [-0.2, -0.15) is 0 Å². The number of carbonyl (C=O) groups is 1. The summed E-state index contributed by atoms with van der Waals surface area (Å²) in [5.74, 6) is 1.64. The summed E-state index contributed by atoms with van der Waals surface area (Å²) in [5.41, 5.74) is 0.547. The Morgan fingerprint density at radius 3 is 2.59 bits per heavy atom. The van der Waals surface area contributed by atoms with Gasteiger partial charge in [-0.3, -0.25) is 4.79 Å². The van der Waals surface area contributed by atoms with Crippen molar-refractivity contribution in [1.82, 2.24) is 0 Å². The Balaban J connectivity index is 3.07. The number of halogens is 2. The van der Waals surface area contributed by atoms with E-state index in [0.717, 1.165) is 0 Å².